The molecular formula is C9H14BNO5S. The molecule has 0 aliphatic carbocycles. The van der Waals surface area contributed by atoms with Crippen molar-refractivity contribution < 1.29 is 23.1 Å². The Balaban J connectivity index is 2.57. The second-order valence-corrected chi connectivity index (χ2v) is 5.41. The average molecular weight is 259 g/mol. The van der Waals surface area contributed by atoms with Gasteiger partial charge in [-0.2, -0.15) is 0 Å². The van der Waals surface area contributed by atoms with Crippen molar-refractivity contribution in [3.05, 3.63) is 29.8 Å². The predicted molar refractivity (Wildman–Crippen MR) is 63.6 cm³/mol. The highest BCUT2D eigenvalue weighted by atomic mass is 32.2. The van der Waals surface area contributed by atoms with E-state index in [1.54, 1.807) is 19.1 Å². The van der Waals surface area contributed by atoms with E-state index >= 15 is 0 Å². The third kappa shape index (κ3) is 5.18. The molecule has 0 atom stereocenters. The van der Waals surface area contributed by atoms with Crippen molar-refractivity contribution in [1.82, 2.24) is 4.72 Å². The van der Waals surface area contributed by atoms with E-state index in [4.69, 9.17) is 10.0 Å². The van der Waals surface area contributed by atoms with Gasteiger partial charge in [-0.1, -0.05) is 12.1 Å². The lowest BCUT2D eigenvalue weighted by atomic mass is 10.2. The Labute approximate surface area is 100 Å². The van der Waals surface area contributed by atoms with Gasteiger partial charge in [0, 0.05) is 6.54 Å². The van der Waals surface area contributed by atoms with Crippen LogP contribution in [0.15, 0.2) is 24.3 Å². The predicted octanol–water partition coefficient (Wildman–Crippen LogP) is -0.526. The highest BCUT2D eigenvalue weighted by molar-refractivity contribution is 7.89. The van der Waals surface area contributed by atoms with E-state index in [-0.39, 0.29) is 12.3 Å². The molecule has 6 nitrogen and oxygen atoms in total. The van der Waals surface area contributed by atoms with Gasteiger partial charge in [0.15, 0.2) is 0 Å². The highest BCUT2D eigenvalue weighted by Crippen LogP contribution is 2.12. The number of hydrogen-bond donors (Lipinski definition) is 3. The fourth-order valence-corrected chi connectivity index (χ4v) is 1.69. The molecule has 1 rings (SSSR count). The summed E-state index contributed by atoms with van der Waals surface area (Å²) in [5.41, 5.74) is 0.752. The highest BCUT2D eigenvalue weighted by Gasteiger charge is 2.11. The van der Waals surface area contributed by atoms with Crippen LogP contribution in [0.25, 0.3) is 0 Å². The molecule has 3 N–H and O–H groups in total. The molecule has 0 spiro atoms. The summed E-state index contributed by atoms with van der Waals surface area (Å²) in [6.45, 7) is 1.75. The first-order valence-corrected chi connectivity index (χ1v) is 6.67. The van der Waals surface area contributed by atoms with Gasteiger partial charge in [0.05, 0.1) is 5.75 Å². The van der Waals surface area contributed by atoms with Crippen molar-refractivity contribution in [3.63, 3.8) is 0 Å². The van der Waals surface area contributed by atoms with E-state index in [1.807, 2.05) is 0 Å². The average Bonchev–Trinajstić information content (AvgIpc) is 2.28. The third-order valence-electron chi connectivity index (χ3n) is 2.04. The molecule has 0 saturated carbocycles. The second kappa shape index (κ2) is 6.01. The Morgan fingerprint density at radius 2 is 1.88 bits per heavy atom. The van der Waals surface area contributed by atoms with E-state index in [1.165, 1.54) is 12.1 Å². The van der Waals surface area contributed by atoms with Crippen molar-refractivity contribution in [3.8, 4) is 5.75 Å². The first kappa shape index (κ1) is 14.0. The lowest BCUT2D eigenvalue weighted by Crippen LogP contribution is -2.24. The van der Waals surface area contributed by atoms with Gasteiger partial charge in [0.25, 0.3) is 0 Å². The fraction of sp³-hybridized carbons (Fsp3) is 0.333. The molecular weight excluding hydrogens is 245 g/mol. The maximum atomic E-state index is 11.2. The summed E-state index contributed by atoms with van der Waals surface area (Å²) in [6, 6.07) is 6.32. The molecule has 1 aromatic rings. The molecule has 0 bridgehead atoms. The van der Waals surface area contributed by atoms with E-state index in [0.29, 0.717) is 5.75 Å². The molecule has 0 unspecified atom stereocenters. The van der Waals surface area contributed by atoms with Crippen LogP contribution in [-0.2, 0) is 16.6 Å². The zero-order valence-electron chi connectivity index (χ0n) is 9.33. The largest absolute Gasteiger partial charge is 0.707 e. The number of sulfonamides is 1. The van der Waals surface area contributed by atoms with Crippen LogP contribution < -0.4 is 9.38 Å². The van der Waals surface area contributed by atoms with Gasteiger partial charge in [-0.05, 0) is 24.6 Å². The van der Waals surface area contributed by atoms with Gasteiger partial charge >= 0.3 is 7.32 Å². The van der Waals surface area contributed by atoms with Crippen LogP contribution in [0.3, 0.4) is 0 Å². The van der Waals surface area contributed by atoms with Crippen LogP contribution in [0.2, 0.25) is 0 Å². The van der Waals surface area contributed by atoms with Crippen molar-refractivity contribution >= 4 is 17.3 Å². The van der Waals surface area contributed by atoms with Crippen LogP contribution in [0.1, 0.15) is 12.5 Å². The van der Waals surface area contributed by atoms with Gasteiger partial charge in [-0.25, -0.2) is 13.1 Å². The summed E-state index contributed by atoms with van der Waals surface area (Å²) in [5, 5.41) is 17.1. The van der Waals surface area contributed by atoms with Crippen molar-refractivity contribution in [2.45, 2.75) is 13.5 Å². The SMILES string of the molecule is CCS(=O)(=O)NCc1ccc(OB(O)O)cc1. The van der Waals surface area contributed by atoms with Crippen LogP contribution in [0.4, 0.5) is 0 Å². The van der Waals surface area contributed by atoms with Gasteiger partial charge in [0.1, 0.15) is 5.75 Å². The summed E-state index contributed by atoms with van der Waals surface area (Å²) in [4.78, 5) is 0. The van der Waals surface area contributed by atoms with Gasteiger partial charge < -0.3 is 14.7 Å². The summed E-state index contributed by atoms with van der Waals surface area (Å²) in [6.07, 6.45) is 0. The maximum absolute atomic E-state index is 11.2. The lowest BCUT2D eigenvalue weighted by molar-refractivity contribution is 0.288. The molecule has 0 aliphatic heterocycles. The van der Waals surface area contributed by atoms with Gasteiger partial charge in [-0.15, -0.1) is 0 Å². The Hall–Kier alpha value is -1.09. The minimum atomic E-state index is -3.21. The van der Waals surface area contributed by atoms with Crippen LogP contribution in [0.5, 0.6) is 5.75 Å². The Morgan fingerprint density at radius 3 is 2.35 bits per heavy atom. The lowest BCUT2D eigenvalue weighted by Gasteiger charge is -2.07. The fourth-order valence-electron chi connectivity index (χ4n) is 1.10. The third-order valence-corrected chi connectivity index (χ3v) is 3.39. The maximum Gasteiger partial charge on any atom is 0.707 e. The molecule has 0 saturated heterocycles. The number of benzene rings is 1. The van der Waals surface area contributed by atoms with Gasteiger partial charge in [-0.3, -0.25) is 0 Å². The quantitative estimate of drug-likeness (QED) is 0.597. The van der Waals surface area contributed by atoms with Crippen LogP contribution >= 0.6 is 0 Å². The van der Waals surface area contributed by atoms with E-state index in [0.717, 1.165) is 5.56 Å². The number of hydrogen-bond acceptors (Lipinski definition) is 5. The molecule has 0 heterocycles. The van der Waals surface area contributed by atoms with E-state index in [2.05, 4.69) is 9.38 Å². The molecule has 17 heavy (non-hydrogen) atoms. The minimum absolute atomic E-state index is 0.0326. The molecule has 0 fully saturated rings. The molecule has 94 valence electrons. The molecule has 0 radical (unpaired) electrons. The molecule has 0 aromatic heterocycles. The number of rotatable bonds is 6. The van der Waals surface area contributed by atoms with Crippen LogP contribution in [0, 0.1) is 0 Å². The molecule has 0 amide bonds. The first-order valence-electron chi connectivity index (χ1n) is 5.02. The van der Waals surface area contributed by atoms with Crippen molar-refractivity contribution in [2.24, 2.45) is 0 Å². The Bertz CT molecular complexity index is 445. The summed E-state index contributed by atoms with van der Waals surface area (Å²) in [7, 11) is -5.07. The normalized spacial score (nSPS) is 11.2. The van der Waals surface area contributed by atoms with Crippen LogP contribution in [-0.4, -0.2) is 31.5 Å². The second-order valence-electron chi connectivity index (χ2n) is 3.31. The standard InChI is InChI=1S/C9H14BNO5S/c1-2-17(14,15)11-7-8-3-5-9(6-4-8)16-10(12)13/h3-6,11-13H,2,7H2,1H3. The Kier molecular flexibility index (Phi) is 4.94. The Morgan fingerprint density at radius 1 is 1.29 bits per heavy atom. The topological polar surface area (TPSA) is 95.9 Å². The summed E-state index contributed by atoms with van der Waals surface area (Å²) in [5.74, 6) is 0.326. The van der Waals surface area contributed by atoms with E-state index in [9.17, 15) is 8.42 Å². The zero-order valence-corrected chi connectivity index (χ0v) is 10.1. The smallest absolute Gasteiger partial charge is 0.512 e. The number of nitrogens with one attached hydrogen (secondary N) is 1. The van der Waals surface area contributed by atoms with Gasteiger partial charge in [0.2, 0.25) is 10.0 Å². The first-order chi connectivity index (χ1) is 7.93. The summed E-state index contributed by atoms with van der Waals surface area (Å²) >= 11 is 0. The van der Waals surface area contributed by atoms with Crippen molar-refractivity contribution in [1.29, 1.82) is 0 Å². The minimum Gasteiger partial charge on any atom is -0.512 e. The summed E-state index contributed by atoms with van der Waals surface area (Å²) < 4.78 is 29.4. The molecule has 0 aliphatic rings. The molecule has 1 aromatic carbocycles. The zero-order chi connectivity index (χ0) is 12.9. The molecule has 8 heteroatoms. The van der Waals surface area contributed by atoms with E-state index < -0.39 is 17.3 Å². The monoisotopic (exact) mass is 259 g/mol. The van der Waals surface area contributed by atoms with Crippen molar-refractivity contribution in [2.75, 3.05) is 5.75 Å².